The van der Waals surface area contributed by atoms with Gasteiger partial charge in [0.15, 0.2) is 0 Å². The number of nitrogens with one attached hydrogen (secondary N) is 3. The Morgan fingerprint density at radius 2 is 1.51 bits per heavy atom. The number of esters is 1. The minimum Gasteiger partial charge on any atom is -0.469 e. The molecule has 8 nitrogen and oxygen atoms in total. The number of ether oxygens (including phenoxy) is 1. The summed E-state index contributed by atoms with van der Waals surface area (Å²) in [6.45, 7) is 14.0. The second kappa shape index (κ2) is 12.1. The van der Waals surface area contributed by atoms with Crippen LogP contribution in [0.5, 0.6) is 0 Å². The van der Waals surface area contributed by atoms with E-state index in [4.69, 9.17) is 4.74 Å². The number of rotatable bonds is 9. The number of carbonyl (C=O) groups excluding carboxylic acids is 3. The maximum atomic E-state index is 12.4. The highest BCUT2D eigenvalue weighted by molar-refractivity contribution is 6.30. The van der Waals surface area contributed by atoms with Crippen molar-refractivity contribution in [2.45, 2.75) is 80.6 Å². The highest BCUT2D eigenvalue weighted by atomic mass is 16.5. The fourth-order valence-corrected chi connectivity index (χ4v) is 5.78. The summed E-state index contributed by atoms with van der Waals surface area (Å²) in [4.78, 5) is 48.0. The van der Waals surface area contributed by atoms with E-state index in [1.54, 1.807) is 0 Å². The zero-order valence-corrected chi connectivity index (χ0v) is 25.3. The van der Waals surface area contributed by atoms with E-state index >= 15 is 0 Å². The average molecular weight is 557 g/mol. The number of carbonyl (C=O) groups is 3. The van der Waals surface area contributed by atoms with Gasteiger partial charge in [-0.3, -0.25) is 14.4 Å². The fourth-order valence-electron chi connectivity index (χ4n) is 5.78. The Hall–Kier alpha value is -4.20. The lowest BCUT2D eigenvalue weighted by Crippen LogP contribution is -2.15. The standard InChI is InChI=1S/C33H40N4O4/c1-9-21-17(4)25(15-28-22(10-2)19(6)32(39)36-28)34-27(21)14-26-18(5)24(12-13-31(38)41-8)30(35-26)16-29-23(11-3)20(7)33(40)37-29/h14-16,34-35H,9-13H2,1-8H3,(H,37,40)/b25-15-,27-14+,29-16-. The van der Waals surface area contributed by atoms with Crippen molar-refractivity contribution in [2.24, 2.45) is 4.99 Å². The molecule has 0 unspecified atom stereocenters. The SMILES string of the molecule is CCC1=C(C)C(=O)N=C1/C=c1\[nH]/c(=C/c2[nH]c(/C=C3\NC(=O)C(C)=C3CC)c(CCC(=O)OC)c2C)c(CC)c1C. The van der Waals surface area contributed by atoms with Crippen LogP contribution in [0.4, 0.5) is 0 Å². The van der Waals surface area contributed by atoms with E-state index in [9.17, 15) is 14.4 Å². The van der Waals surface area contributed by atoms with Crippen LogP contribution in [0.15, 0.2) is 33.0 Å². The number of H-pyrrole nitrogens is 2. The van der Waals surface area contributed by atoms with Crippen molar-refractivity contribution in [3.63, 3.8) is 0 Å². The van der Waals surface area contributed by atoms with Crippen molar-refractivity contribution in [3.8, 4) is 0 Å². The van der Waals surface area contributed by atoms with Crippen molar-refractivity contribution >= 4 is 41.7 Å². The first kappa shape index (κ1) is 29.8. The Morgan fingerprint density at radius 1 is 0.805 bits per heavy atom. The van der Waals surface area contributed by atoms with E-state index in [-0.39, 0.29) is 24.2 Å². The van der Waals surface area contributed by atoms with Crippen LogP contribution in [-0.4, -0.2) is 40.6 Å². The summed E-state index contributed by atoms with van der Waals surface area (Å²) in [5.74, 6) is -0.522. The zero-order chi connectivity index (χ0) is 30.0. The summed E-state index contributed by atoms with van der Waals surface area (Å²) in [5.41, 5.74) is 11.0. The van der Waals surface area contributed by atoms with Gasteiger partial charge in [-0.25, -0.2) is 4.99 Å². The molecule has 0 aromatic carbocycles. The molecule has 0 saturated carbocycles. The molecule has 0 radical (unpaired) electrons. The first-order chi connectivity index (χ1) is 19.5. The van der Waals surface area contributed by atoms with Gasteiger partial charge in [-0.15, -0.1) is 0 Å². The maximum Gasteiger partial charge on any atom is 0.305 e. The van der Waals surface area contributed by atoms with Crippen molar-refractivity contribution in [3.05, 3.63) is 72.3 Å². The lowest BCUT2D eigenvalue weighted by Gasteiger charge is -2.06. The third kappa shape index (κ3) is 5.69. The molecule has 0 fully saturated rings. The molecule has 2 aliphatic heterocycles. The molecule has 216 valence electrons. The van der Waals surface area contributed by atoms with E-state index in [1.165, 1.54) is 12.7 Å². The number of hydrogen-bond donors (Lipinski definition) is 3. The molecule has 4 rings (SSSR count). The average Bonchev–Trinajstić information content (AvgIpc) is 3.59. The van der Waals surface area contributed by atoms with Crippen molar-refractivity contribution < 1.29 is 19.1 Å². The Bertz CT molecular complexity index is 1690. The van der Waals surface area contributed by atoms with Gasteiger partial charge >= 0.3 is 5.97 Å². The van der Waals surface area contributed by atoms with Crippen LogP contribution in [-0.2, 0) is 32.0 Å². The highest BCUT2D eigenvalue weighted by Gasteiger charge is 2.24. The third-order valence-corrected chi connectivity index (χ3v) is 8.30. The molecule has 41 heavy (non-hydrogen) atoms. The van der Waals surface area contributed by atoms with E-state index in [0.717, 1.165) is 86.2 Å². The van der Waals surface area contributed by atoms with E-state index in [1.807, 2.05) is 46.8 Å². The number of aromatic nitrogens is 2. The van der Waals surface area contributed by atoms with Crippen molar-refractivity contribution in [2.75, 3.05) is 7.11 Å². The summed E-state index contributed by atoms with van der Waals surface area (Å²) in [6.07, 6.45) is 9.10. The lowest BCUT2D eigenvalue weighted by molar-refractivity contribution is -0.140. The summed E-state index contributed by atoms with van der Waals surface area (Å²) in [5, 5.41) is 4.89. The van der Waals surface area contributed by atoms with Crippen molar-refractivity contribution in [1.29, 1.82) is 0 Å². The normalized spacial score (nSPS) is 17.5. The third-order valence-electron chi connectivity index (χ3n) is 8.30. The van der Waals surface area contributed by atoms with Gasteiger partial charge in [0.25, 0.3) is 11.8 Å². The molecule has 2 aromatic heterocycles. The summed E-state index contributed by atoms with van der Waals surface area (Å²) >= 11 is 0. The molecule has 0 atom stereocenters. The van der Waals surface area contributed by atoms with Gasteiger partial charge in [0.1, 0.15) is 0 Å². The molecule has 0 bridgehead atoms. The molecule has 2 amide bonds. The van der Waals surface area contributed by atoms with Crippen LogP contribution in [0.25, 0.3) is 18.2 Å². The smallest absolute Gasteiger partial charge is 0.305 e. The molecule has 2 aliphatic rings. The zero-order valence-electron chi connectivity index (χ0n) is 25.3. The van der Waals surface area contributed by atoms with Crippen LogP contribution >= 0.6 is 0 Å². The highest BCUT2D eigenvalue weighted by Crippen LogP contribution is 2.29. The second-order valence-electron chi connectivity index (χ2n) is 10.6. The molecule has 2 aromatic rings. The topological polar surface area (TPSA) is 116 Å². The molecule has 0 saturated heterocycles. The number of aliphatic imine (C=N–C) groups is 1. The van der Waals surface area contributed by atoms with Crippen LogP contribution in [0.1, 0.15) is 87.5 Å². The van der Waals surface area contributed by atoms with Crippen LogP contribution in [0, 0.1) is 13.8 Å². The van der Waals surface area contributed by atoms with E-state index < -0.39 is 0 Å². The van der Waals surface area contributed by atoms with Gasteiger partial charge in [0, 0.05) is 45.4 Å². The molecule has 0 aliphatic carbocycles. The predicted molar refractivity (Wildman–Crippen MR) is 163 cm³/mol. The van der Waals surface area contributed by atoms with Gasteiger partial charge in [-0.2, -0.15) is 0 Å². The number of aromatic amines is 2. The molecular formula is C33H40N4O4. The predicted octanol–water partition coefficient (Wildman–Crippen LogP) is 4.14. The largest absolute Gasteiger partial charge is 0.469 e. The minimum atomic E-state index is -0.272. The molecule has 4 heterocycles. The van der Waals surface area contributed by atoms with Gasteiger partial charge < -0.3 is 20.0 Å². The quantitative estimate of drug-likeness (QED) is 0.403. The first-order valence-corrected chi connectivity index (χ1v) is 14.3. The number of allylic oxidation sites excluding steroid dienone is 2. The van der Waals surface area contributed by atoms with Gasteiger partial charge in [-0.05, 0) is 105 Å². The minimum absolute atomic E-state index is 0.0812. The lowest BCUT2D eigenvalue weighted by atomic mass is 10.0. The summed E-state index contributed by atoms with van der Waals surface area (Å²) in [7, 11) is 1.39. The molecule has 8 heteroatoms. The second-order valence-corrected chi connectivity index (χ2v) is 10.6. The number of methoxy groups -OCH3 is 1. The Labute approximate surface area is 241 Å². The number of nitrogens with zero attached hydrogens (tertiary/aromatic N) is 1. The van der Waals surface area contributed by atoms with Crippen molar-refractivity contribution in [1.82, 2.24) is 15.3 Å². The van der Waals surface area contributed by atoms with Gasteiger partial charge in [0.05, 0.1) is 12.8 Å². The van der Waals surface area contributed by atoms with E-state index in [0.29, 0.717) is 12.0 Å². The molecule has 3 N–H and O–H groups in total. The fraction of sp³-hybridized carbons (Fsp3) is 0.394. The first-order valence-electron chi connectivity index (χ1n) is 14.3. The van der Waals surface area contributed by atoms with Crippen LogP contribution < -0.4 is 16.0 Å². The number of amides is 2. The Balaban J connectivity index is 1.86. The molecule has 0 spiro atoms. The molecular weight excluding hydrogens is 516 g/mol. The Kier molecular flexibility index (Phi) is 8.80. The van der Waals surface area contributed by atoms with Crippen LogP contribution in [0.2, 0.25) is 0 Å². The summed E-state index contributed by atoms with van der Waals surface area (Å²) in [6, 6.07) is 0. The van der Waals surface area contributed by atoms with Gasteiger partial charge in [0.2, 0.25) is 0 Å². The summed E-state index contributed by atoms with van der Waals surface area (Å²) < 4.78 is 4.90. The Morgan fingerprint density at radius 3 is 2.15 bits per heavy atom. The van der Waals surface area contributed by atoms with E-state index in [2.05, 4.69) is 40.2 Å². The van der Waals surface area contributed by atoms with Gasteiger partial charge in [-0.1, -0.05) is 20.8 Å². The van der Waals surface area contributed by atoms with Crippen LogP contribution in [0.3, 0.4) is 0 Å². The number of hydrogen-bond acceptors (Lipinski definition) is 4. The monoisotopic (exact) mass is 556 g/mol. The maximum absolute atomic E-state index is 12.4.